The molecule has 0 aliphatic carbocycles. The van der Waals surface area contributed by atoms with Gasteiger partial charge in [-0.3, -0.25) is 17.8 Å². The molecule has 2 aliphatic heterocycles. The number of aliphatic carboxylic acids is 1. The molecule has 10 atom stereocenters. The Morgan fingerprint density at radius 1 is 0.744 bits per heavy atom. The molecular formula is C15H26O24S4. The van der Waals surface area contributed by atoms with Gasteiger partial charge in [0, 0.05) is 21.3 Å². The highest BCUT2D eigenvalue weighted by Crippen LogP contribution is 2.36. The van der Waals surface area contributed by atoms with E-state index in [1.54, 1.807) is 0 Å². The van der Waals surface area contributed by atoms with Crippen LogP contribution in [0.25, 0.3) is 0 Å². The predicted molar refractivity (Wildman–Crippen MR) is 126 cm³/mol. The van der Waals surface area contributed by atoms with Crippen LogP contribution in [0.3, 0.4) is 0 Å². The fraction of sp³-hybridized carbons (Fsp3) is 0.933. The minimum atomic E-state index is -5.44. The number of carbonyl (C=O) groups is 1. The summed E-state index contributed by atoms with van der Waals surface area (Å²) in [6.07, 6.45) is -19.7. The van der Waals surface area contributed by atoms with E-state index in [9.17, 15) is 44.3 Å². The van der Waals surface area contributed by atoms with Crippen LogP contribution < -0.4 is 0 Å². The summed E-state index contributed by atoms with van der Waals surface area (Å²) < 4.78 is 151. The van der Waals surface area contributed by atoms with Crippen molar-refractivity contribution in [3.05, 3.63) is 0 Å². The zero-order valence-corrected chi connectivity index (χ0v) is 24.9. The lowest BCUT2D eigenvalue weighted by Crippen LogP contribution is -2.66. The maximum Gasteiger partial charge on any atom is 0.397 e. The first-order valence-corrected chi connectivity index (χ1v) is 15.6. The number of carboxylic acids is 1. The molecule has 0 bridgehead atoms. The van der Waals surface area contributed by atoms with Gasteiger partial charge in [-0.25, -0.2) is 22.6 Å². The van der Waals surface area contributed by atoms with Crippen molar-refractivity contribution in [3.8, 4) is 0 Å². The van der Waals surface area contributed by atoms with Gasteiger partial charge in [0.25, 0.3) is 0 Å². The van der Waals surface area contributed by atoms with E-state index in [1.807, 2.05) is 0 Å². The van der Waals surface area contributed by atoms with E-state index in [1.165, 1.54) is 0 Å². The summed E-state index contributed by atoms with van der Waals surface area (Å²) in [6.45, 7) is -1.14. The summed E-state index contributed by atoms with van der Waals surface area (Å²) >= 11 is -0.173. The predicted octanol–water partition coefficient (Wildman–Crippen LogP) is -2.85. The molecule has 0 spiro atoms. The highest BCUT2D eigenvalue weighted by atomic mass is 32.3. The van der Waals surface area contributed by atoms with Gasteiger partial charge in [0.15, 0.2) is 43.2 Å². The van der Waals surface area contributed by atoms with Gasteiger partial charge in [-0.05, 0) is 0 Å². The molecule has 2 aliphatic rings. The second-order valence-electron chi connectivity index (χ2n) is 8.00. The van der Waals surface area contributed by atoms with E-state index in [0.717, 1.165) is 21.3 Å². The Morgan fingerprint density at radius 3 is 1.72 bits per heavy atom. The quantitative estimate of drug-likeness (QED) is 0.0332. The van der Waals surface area contributed by atoms with Gasteiger partial charge in [-0.2, -0.15) is 25.3 Å². The van der Waals surface area contributed by atoms with Gasteiger partial charge in [-0.1, -0.05) is 5.04 Å². The lowest BCUT2D eigenvalue weighted by Gasteiger charge is -2.48. The summed E-state index contributed by atoms with van der Waals surface area (Å²) in [4.78, 5) is 12.0. The average Bonchev–Trinajstić information content (AvgIpc) is 2.87. The van der Waals surface area contributed by atoms with E-state index in [4.69, 9.17) is 42.4 Å². The van der Waals surface area contributed by atoms with Crippen molar-refractivity contribution in [3.63, 3.8) is 0 Å². The smallest absolute Gasteiger partial charge is 0.397 e. The van der Waals surface area contributed by atoms with Gasteiger partial charge < -0.3 is 33.5 Å². The third kappa shape index (κ3) is 11.4. The molecule has 5 N–H and O–H groups in total. The van der Waals surface area contributed by atoms with Crippen molar-refractivity contribution in [2.24, 2.45) is 0 Å². The van der Waals surface area contributed by atoms with Crippen LogP contribution in [0, 0.1) is 0 Å². The summed E-state index contributed by atoms with van der Waals surface area (Å²) in [6, 6.07) is 0. The Kier molecular flexibility index (Phi) is 14.3. The van der Waals surface area contributed by atoms with Crippen LogP contribution in [0.5, 0.6) is 0 Å². The summed E-state index contributed by atoms with van der Waals surface area (Å²) in [5.41, 5.74) is 0. The molecule has 0 aromatic rings. The normalized spacial score (nSPS) is 34.2. The molecule has 28 heteroatoms. The molecule has 4 unspecified atom stereocenters. The van der Waals surface area contributed by atoms with Gasteiger partial charge in [0.1, 0.15) is 30.5 Å². The Labute approximate surface area is 247 Å². The SMILES string of the molecule is COC1C(OS(=O)(=O)O)[C@@H](OC)O[C@H](COS(=O)(=O)O)[C@H]1O[C@@H]1OC(C(=O)O)[C@H](OSOOO)[C@@H](OC)C1OS(=O)(=O)O. The van der Waals surface area contributed by atoms with Crippen LogP contribution in [0.4, 0.5) is 0 Å². The first-order valence-electron chi connectivity index (χ1n) is 10.9. The molecule has 2 fully saturated rings. The maximum absolute atomic E-state index is 12.0. The number of hydrogen-bond acceptors (Lipinski definition) is 21. The summed E-state index contributed by atoms with van der Waals surface area (Å²) in [5.74, 6) is -1.81. The van der Waals surface area contributed by atoms with E-state index < -0.39 is 105 Å². The van der Waals surface area contributed by atoms with E-state index in [0.29, 0.717) is 0 Å². The molecule has 43 heavy (non-hydrogen) atoms. The van der Waals surface area contributed by atoms with Gasteiger partial charge in [0.2, 0.25) is 0 Å². The zero-order valence-electron chi connectivity index (χ0n) is 21.6. The summed E-state index contributed by atoms with van der Waals surface area (Å²) in [7, 11) is -13.1. The largest absolute Gasteiger partial charge is 0.479 e. The van der Waals surface area contributed by atoms with Crippen molar-refractivity contribution in [1.29, 1.82) is 0 Å². The van der Waals surface area contributed by atoms with Crippen LogP contribution in [0.2, 0.25) is 0 Å². The fourth-order valence-electron chi connectivity index (χ4n) is 4.00. The molecule has 0 saturated carbocycles. The highest BCUT2D eigenvalue weighted by molar-refractivity contribution is 7.89. The molecule has 2 heterocycles. The molecule has 0 amide bonds. The van der Waals surface area contributed by atoms with Crippen LogP contribution in [-0.4, -0.2) is 145 Å². The number of carboxylic acid groups (broad SMARTS) is 1. The van der Waals surface area contributed by atoms with Crippen molar-refractivity contribution < 1.29 is 109 Å². The van der Waals surface area contributed by atoms with Crippen molar-refractivity contribution >= 4 is 49.5 Å². The van der Waals surface area contributed by atoms with Crippen LogP contribution in [-0.2, 0) is 90.5 Å². The fourth-order valence-corrected chi connectivity index (χ4v) is 5.62. The van der Waals surface area contributed by atoms with Crippen LogP contribution >= 0.6 is 12.3 Å². The molecule has 24 nitrogen and oxygen atoms in total. The Balaban J connectivity index is 2.61. The van der Waals surface area contributed by atoms with Crippen LogP contribution in [0.15, 0.2) is 0 Å². The van der Waals surface area contributed by atoms with Crippen molar-refractivity contribution in [2.45, 2.75) is 61.4 Å². The Bertz CT molecular complexity index is 1220. The van der Waals surface area contributed by atoms with E-state index >= 15 is 0 Å². The molecule has 0 aromatic heterocycles. The van der Waals surface area contributed by atoms with Crippen molar-refractivity contribution in [2.75, 3.05) is 27.9 Å². The Hall–Kier alpha value is -0.970. The number of hydrogen-bond donors (Lipinski definition) is 5. The first-order chi connectivity index (χ1) is 19.9. The molecule has 0 radical (unpaired) electrons. The summed E-state index contributed by atoms with van der Waals surface area (Å²) in [5, 5.41) is 21.3. The van der Waals surface area contributed by atoms with Gasteiger partial charge in [-0.15, -0.1) is 4.33 Å². The molecule has 2 rings (SSSR count). The molecule has 0 aromatic carbocycles. The second-order valence-corrected chi connectivity index (χ2v) is 11.7. The minimum absolute atomic E-state index is 0.173. The average molecular weight is 719 g/mol. The third-order valence-electron chi connectivity index (χ3n) is 5.45. The standard InChI is InChI=1S/C15H26O24S4/c1-28-7-6(5(4-31-41(19,20)21)32-14(30-3)11(7)36-42(22,23)24)33-15-12(37-43(25,26)27)8(29-2)9(35-40-39-38-18)10(34-15)13(16)17/h5-12,14-15,18H,4H2,1-3H3,(H,16,17)(H,19,20,21)(H,22,23,24)(H,25,26,27)/t5-,6-,7?,8-,9-,10?,11?,12?,14+,15-/m1/s1. The van der Waals surface area contributed by atoms with Gasteiger partial charge >= 0.3 is 37.2 Å². The lowest BCUT2D eigenvalue weighted by atomic mass is 9.96. The third-order valence-corrected chi connectivity index (χ3v) is 7.23. The maximum atomic E-state index is 12.0. The monoisotopic (exact) mass is 718 g/mol. The zero-order chi connectivity index (χ0) is 32.8. The number of methoxy groups -OCH3 is 3. The molecule has 2 saturated heterocycles. The molecular weight excluding hydrogens is 692 g/mol. The van der Waals surface area contributed by atoms with E-state index in [2.05, 4.69) is 21.9 Å². The number of rotatable bonds is 17. The molecule has 254 valence electrons. The van der Waals surface area contributed by atoms with Gasteiger partial charge in [0.05, 0.1) is 6.61 Å². The van der Waals surface area contributed by atoms with E-state index in [-0.39, 0.29) is 12.3 Å². The highest BCUT2D eigenvalue weighted by Gasteiger charge is 2.57. The first kappa shape index (κ1) is 38.2. The van der Waals surface area contributed by atoms with Crippen molar-refractivity contribution in [1.82, 2.24) is 0 Å². The topological polar surface area (TPSA) is 331 Å². The lowest BCUT2D eigenvalue weighted by molar-refractivity contribution is -0.435. The Morgan fingerprint density at radius 2 is 1.28 bits per heavy atom. The number of ether oxygens (including phenoxy) is 6. The minimum Gasteiger partial charge on any atom is -0.479 e. The van der Waals surface area contributed by atoms with Crippen LogP contribution in [0.1, 0.15) is 0 Å². The second kappa shape index (κ2) is 16.0.